The number of aliphatic hydroxyl groups is 1. The number of carbonyl (C=O) groups is 2. The fourth-order valence-electron chi connectivity index (χ4n) is 9.93. The normalized spacial score (nSPS) is 20.9. The van der Waals surface area contributed by atoms with Crippen molar-refractivity contribution < 1.29 is 29.1 Å². The van der Waals surface area contributed by atoms with Crippen molar-refractivity contribution in [3.63, 3.8) is 0 Å². The Morgan fingerprint density at radius 3 is 2.47 bits per heavy atom. The van der Waals surface area contributed by atoms with E-state index in [-0.39, 0.29) is 42.1 Å². The molecule has 0 saturated carbocycles. The lowest BCUT2D eigenvalue weighted by Crippen LogP contribution is -2.51. The second-order valence-electron chi connectivity index (χ2n) is 16.2. The third-order valence-corrected chi connectivity index (χ3v) is 17.1. The van der Waals surface area contributed by atoms with Crippen LogP contribution in [0.1, 0.15) is 40.5 Å². The molecular weight excluding hydrogens is 765 g/mol. The van der Waals surface area contributed by atoms with Gasteiger partial charge in [0.2, 0.25) is 0 Å². The summed E-state index contributed by atoms with van der Waals surface area (Å²) in [7, 11) is -0.872. The van der Waals surface area contributed by atoms with Crippen molar-refractivity contribution >= 4 is 58.6 Å². The van der Waals surface area contributed by atoms with Crippen molar-refractivity contribution in [1.29, 1.82) is 0 Å². The molecule has 59 heavy (non-hydrogen) atoms. The molecule has 0 radical (unpaired) electrons. The molecule has 1 saturated heterocycles. The number of nitro groups is 1. The van der Waals surface area contributed by atoms with E-state index >= 15 is 4.79 Å². The molecule has 4 heterocycles. The van der Waals surface area contributed by atoms with E-state index in [4.69, 9.17) is 9.47 Å². The highest BCUT2D eigenvalue weighted by Crippen LogP contribution is 2.60. The van der Waals surface area contributed by atoms with Crippen LogP contribution < -0.4 is 19.7 Å². The maximum absolute atomic E-state index is 15.5. The van der Waals surface area contributed by atoms with Crippen LogP contribution in [0, 0.1) is 16.0 Å². The number of non-ortho nitro benzene ring substituents is 1. The lowest BCUT2D eigenvalue weighted by atomic mass is 9.82. The summed E-state index contributed by atoms with van der Waals surface area (Å²) in [4.78, 5) is 44.6. The molecule has 4 atom stereocenters. The lowest BCUT2D eigenvalue weighted by molar-refractivity contribution is -0.385. The highest BCUT2D eigenvalue weighted by Gasteiger charge is 2.66. The van der Waals surface area contributed by atoms with Crippen molar-refractivity contribution in [1.82, 2.24) is 15.0 Å². The minimum absolute atomic E-state index is 0.0379. The van der Waals surface area contributed by atoms with Gasteiger partial charge < -0.3 is 19.5 Å². The highest BCUT2D eigenvalue weighted by atomic mass is 28.3. The molecule has 3 aliphatic heterocycles. The molecule has 1 aromatic heterocycles. The van der Waals surface area contributed by atoms with E-state index in [1.54, 1.807) is 27.7 Å². The molecule has 0 bridgehead atoms. The van der Waals surface area contributed by atoms with Crippen LogP contribution in [0.3, 0.4) is 0 Å². The summed E-state index contributed by atoms with van der Waals surface area (Å²) in [5.41, 5.74) is 2.87. The van der Waals surface area contributed by atoms with E-state index in [1.807, 2.05) is 79.0 Å². The maximum Gasteiger partial charge on any atom is 0.269 e. The largest absolute Gasteiger partial charge is 0.497 e. The van der Waals surface area contributed by atoms with Crippen LogP contribution in [0.25, 0.3) is 10.8 Å². The Morgan fingerprint density at radius 1 is 0.966 bits per heavy atom. The molecule has 9 rings (SSSR count). The Kier molecular flexibility index (Phi) is 9.45. The number of hydrogen-bond acceptors (Lipinski definition) is 9. The number of methoxy groups -OCH3 is 1. The number of nitrogens with zero attached hydrogens (tertiary/aromatic N) is 6. The van der Waals surface area contributed by atoms with E-state index in [0.29, 0.717) is 47.6 Å². The highest BCUT2D eigenvalue weighted by molar-refractivity contribution is 6.91. The number of aryl methyl sites for hydroxylation is 1. The average molecular weight is 809 g/mol. The molecule has 1 N–H and O–H groups in total. The van der Waals surface area contributed by atoms with Crippen LogP contribution in [0.5, 0.6) is 5.75 Å². The molecule has 6 aromatic rings. The van der Waals surface area contributed by atoms with Gasteiger partial charge >= 0.3 is 0 Å². The van der Waals surface area contributed by atoms with Crippen molar-refractivity contribution in [2.24, 2.45) is 5.92 Å². The van der Waals surface area contributed by atoms with Gasteiger partial charge in [0.05, 0.1) is 55.4 Å². The number of hydrogen-bond donors (Lipinski definition) is 1. The van der Waals surface area contributed by atoms with Gasteiger partial charge in [-0.25, -0.2) is 0 Å². The number of fused-ring (bicyclic) bond motifs is 2. The molecule has 300 valence electrons. The zero-order chi connectivity index (χ0) is 41.2. The van der Waals surface area contributed by atoms with Gasteiger partial charge in [0.15, 0.2) is 5.60 Å². The SMILES string of the molecule is COc1ccc([Si](C)(C)[C@@H]2[C@@H](CCn3cc(CCO)nn3)O[C@]3(C(=O)N(Cc4cccc(N5C(=O)c6cccc7cccc5c67)c4)c4ccc([N+](=O)[O-])cc43)[C@H]2C)cc1. The number of amides is 2. The zero-order valence-electron chi connectivity index (χ0n) is 33.2. The number of carbonyl (C=O) groups excluding carboxylic acids is 2. The number of nitro benzene ring substituents is 1. The Bertz CT molecular complexity index is 2640. The van der Waals surface area contributed by atoms with E-state index in [2.05, 4.69) is 42.5 Å². The molecule has 3 aliphatic rings. The van der Waals surface area contributed by atoms with E-state index in [9.17, 15) is 20.0 Å². The number of aromatic nitrogens is 3. The molecule has 1 fully saturated rings. The summed E-state index contributed by atoms with van der Waals surface area (Å²) in [5, 5.41) is 33.3. The molecule has 1 spiro atoms. The average Bonchev–Trinajstić information content (AvgIpc) is 3.96. The van der Waals surface area contributed by atoms with Gasteiger partial charge in [0.1, 0.15) is 5.75 Å². The van der Waals surface area contributed by atoms with Crippen LogP contribution in [0.4, 0.5) is 22.7 Å². The van der Waals surface area contributed by atoms with Crippen molar-refractivity contribution in [2.45, 2.75) is 63.2 Å². The van der Waals surface area contributed by atoms with E-state index in [0.717, 1.165) is 27.8 Å². The van der Waals surface area contributed by atoms with Gasteiger partial charge in [-0.3, -0.25) is 29.3 Å². The van der Waals surface area contributed by atoms with Crippen LogP contribution in [-0.2, 0) is 34.6 Å². The number of ether oxygens (including phenoxy) is 2. The predicted octanol–water partition coefficient (Wildman–Crippen LogP) is 7.03. The molecule has 0 unspecified atom stereocenters. The topological polar surface area (TPSA) is 153 Å². The minimum atomic E-state index is -2.51. The molecule has 13 nitrogen and oxygen atoms in total. The first-order valence-electron chi connectivity index (χ1n) is 19.8. The summed E-state index contributed by atoms with van der Waals surface area (Å²) in [6.07, 6.45) is 2.28. The monoisotopic (exact) mass is 808 g/mol. The van der Waals surface area contributed by atoms with E-state index in [1.165, 1.54) is 17.3 Å². The van der Waals surface area contributed by atoms with Gasteiger partial charge in [0, 0.05) is 60.5 Å². The first-order chi connectivity index (χ1) is 28.5. The van der Waals surface area contributed by atoms with Gasteiger partial charge in [0.25, 0.3) is 17.5 Å². The van der Waals surface area contributed by atoms with Gasteiger partial charge in [-0.05, 0) is 65.4 Å². The smallest absolute Gasteiger partial charge is 0.269 e. The second kappa shape index (κ2) is 14.6. The number of benzene rings is 5. The number of aliphatic hydroxyl groups excluding tert-OH is 1. The van der Waals surface area contributed by atoms with Crippen molar-refractivity contribution in [2.75, 3.05) is 23.5 Å². The van der Waals surface area contributed by atoms with Crippen molar-refractivity contribution in [3.05, 3.63) is 142 Å². The standard InChI is InChI=1S/C45H44N6O7Si/c1-28-42(59(3,4)35-17-15-34(57-2)16-18-35)40(20-22-48-27-31(21-23-52)46-47-48)58-45(28)37-25-33(51(55)56)14-19-38(37)49(44(45)54)26-29-8-5-11-32(24-29)50-39-13-7-10-30-9-6-12-36(41(30)39)43(50)53/h5-19,24-25,27-28,40,42,52H,20-23,26H2,1-4H3/t28-,40+,42-,45+/m0/s1. The van der Waals surface area contributed by atoms with Crippen LogP contribution in [0.15, 0.2) is 109 Å². The summed E-state index contributed by atoms with van der Waals surface area (Å²) < 4.78 is 14.5. The maximum atomic E-state index is 15.5. The summed E-state index contributed by atoms with van der Waals surface area (Å²) in [6.45, 7) is 7.19. The third-order valence-electron chi connectivity index (χ3n) is 12.7. The Balaban J connectivity index is 1.10. The second-order valence-corrected chi connectivity index (χ2v) is 20.9. The first kappa shape index (κ1) is 38.3. The fourth-order valence-corrected chi connectivity index (χ4v) is 14.0. The zero-order valence-corrected chi connectivity index (χ0v) is 34.2. The van der Waals surface area contributed by atoms with Gasteiger partial charge in [-0.15, -0.1) is 5.10 Å². The first-order valence-corrected chi connectivity index (χ1v) is 22.9. The van der Waals surface area contributed by atoms with Crippen LogP contribution in [-0.4, -0.2) is 64.7 Å². The number of anilines is 3. The van der Waals surface area contributed by atoms with Crippen LogP contribution >= 0.6 is 0 Å². The molecule has 2 amide bonds. The summed E-state index contributed by atoms with van der Waals surface area (Å²) in [5.74, 6) is -0.0388. The fraction of sp³-hybridized carbons (Fsp3) is 0.289. The Labute approximate surface area is 341 Å². The van der Waals surface area contributed by atoms with Crippen LogP contribution in [0.2, 0.25) is 18.6 Å². The number of rotatable bonds is 12. The minimum Gasteiger partial charge on any atom is -0.497 e. The van der Waals surface area contributed by atoms with Crippen molar-refractivity contribution in [3.8, 4) is 5.75 Å². The quantitative estimate of drug-likeness (QED) is 0.0781. The lowest BCUT2D eigenvalue weighted by Gasteiger charge is -2.37. The third kappa shape index (κ3) is 6.12. The van der Waals surface area contributed by atoms with Gasteiger partial charge in [-0.2, -0.15) is 0 Å². The summed E-state index contributed by atoms with van der Waals surface area (Å²) in [6, 6.07) is 32.0. The molecule has 14 heteroatoms. The van der Waals surface area contributed by atoms with E-state index < -0.39 is 24.7 Å². The van der Waals surface area contributed by atoms with Gasteiger partial charge in [-0.1, -0.05) is 78.9 Å². The molecule has 5 aromatic carbocycles. The summed E-state index contributed by atoms with van der Waals surface area (Å²) >= 11 is 0. The molecular formula is C45H44N6O7Si. The predicted molar refractivity (Wildman–Crippen MR) is 226 cm³/mol. The molecule has 0 aliphatic carbocycles. The Morgan fingerprint density at radius 2 is 1.73 bits per heavy atom. The Hall–Kier alpha value is -6.22.